The number of anilines is 3. The minimum absolute atomic E-state index is 0.102. The summed E-state index contributed by atoms with van der Waals surface area (Å²) >= 11 is 1.65. The second-order valence-corrected chi connectivity index (χ2v) is 6.71. The van der Waals surface area contributed by atoms with Crippen LogP contribution in [0.2, 0.25) is 0 Å². The molecule has 0 aliphatic rings. The van der Waals surface area contributed by atoms with E-state index in [1.165, 1.54) is 5.69 Å². The molecule has 102 valence electrons. The third-order valence-electron chi connectivity index (χ3n) is 2.91. The summed E-state index contributed by atoms with van der Waals surface area (Å²) in [6.07, 6.45) is 0. The zero-order chi connectivity index (χ0) is 14.0. The number of hydrogen-bond donors (Lipinski definition) is 1. The topological polar surface area (TPSA) is 28.2 Å². The maximum absolute atomic E-state index is 4.63. The summed E-state index contributed by atoms with van der Waals surface area (Å²) < 4.78 is 0. The van der Waals surface area contributed by atoms with Gasteiger partial charge in [0.05, 0.1) is 5.69 Å². The lowest BCUT2D eigenvalue weighted by Crippen LogP contribution is -2.11. The van der Waals surface area contributed by atoms with E-state index in [0.717, 1.165) is 16.5 Å². The van der Waals surface area contributed by atoms with Crippen molar-refractivity contribution in [3.05, 3.63) is 35.3 Å². The molecule has 2 aromatic rings. The van der Waals surface area contributed by atoms with E-state index < -0.39 is 0 Å². The molecular weight excluding hydrogens is 254 g/mol. The van der Waals surface area contributed by atoms with Crippen LogP contribution >= 0.6 is 11.3 Å². The van der Waals surface area contributed by atoms with Crippen LogP contribution in [0.3, 0.4) is 0 Å². The molecule has 1 N–H and O–H groups in total. The fourth-order valence-electron chi connectivity index (χ4n) is 1.64. The van der Waals surface area contributed by atoms with E-state index in [4.69, 9.17) is 0 Å². The highest BCUT2D eigenvalue weighted by Gasteiger charge is 2.17. The molecular formula is C15H21N3S. The Bertz CT molecular complexity index is 535. The molecule has 0 bridgehead atoms. The molecule has 3 nitrogen and oxygen atoms in total. The Kier molecular flexibility index (Phi) is 3.80. The number of hydrogen-bond acceptors (Lipinski definition) is 4. The first-order valence-corrected chi connectivity index (χ1v) is 7.24. The average Bonchev–Trinajstić information content (AvgIpc) is 2.78. The number of rotatable bonds is 3. The molecule has 0 saturated carbocycles. The van der Waals surface area contributed by atoms with Crippen molar-refractivity contribution in [1.82, 2.24) is 4.98 Å². The highest BCUT2D eigenvalue weighted by atomic mass is 32.1. The van der Waals surface area contributed by atoms with Crippen LogP contribution < -0.4 is 10.2 Å². The average molecular weight is 275 g/mol. The van der Waals surface area contributed by atoms with E-state index in [1.807, 2.05) is 14.1 Å². The van der Waals surface area contributed by atoms with Crippen LogP contribution in [0.4, 0.5) is 16.5 Å². The zero-order valence-corrected chi connectivity index (χ0v) is 13.0. The standard InChI is InChI=1S/C15H21N3S/c1-15(2,3)13-10-19-14(17-13)16-11-6-8-12(9-7-11)18(4)5/h6-10H,1-5H3,(H,16,17). The fraction of sp³-hybridized carbons (Fsp3) is 0.400. The Morgan fingerprint density at radius 3 is 2.21 bits per heavy atom. The van der Waals surface area contributed by atoms with Crippen molar-refractivity contribution in [2.45, 2.75) is 26.2 Å². The van der Waals surface area contributed by atoms with Gasteiger partial charge in [-0.1, -0.05) is 20.8 Å². The molecule has 0 amide bonds. The van der Waals surface area contributed by atoms with Crippen LogP contribution in [0.15, 0.2) is 29.6 Å². The van der Waals surface area contributed by atoms with Gasteiger partial charge in [0.25, 0.3) is 0 Å². The number of thiazole rings is 1. The van der Waals surface area contributed by atoms with Gasteiger partial charge in [-0.05, 0) is 24.3 Å². The first-order valence-electron chi connectivity index (χ1n) is 6.37. The second-order valence-electron chi connectivity index (χ2n) is 5.85. The first kappa shape index (κ1) is 13.9. The Morgan fingerprint density at radius 2 is 1.74 bits per heavy atom. The van der Waals surface area contributed by atoms with Gasteiger partial charge < -0.3 is 10.2 Å². The summed E-state index contributed by atoms with van der Waals surface area (Å²) in [6.45, 7) is 6.53. The van der Waals surface area contributed by atoms with E-state index >= 15 is 0 Å². The summed E-state index contributed by atoms with van der Waals surface area (Å²) in [4.78, 5) is 6.72. The summed E-state index contributed by atoms with van der Waals surface area (Å²) in [5.74, 6) is 0. The largest absolute Gasteiger partial charge is 0.378 e. The smallest absolute Gasteiger partial charge is 0.187 e. The van der Waals surface area contributed by atoms with Crippen molar-refractivity contribution in [2.24, 2.45) is 0 Å². The number of aromatic nitrogens is 1. The SMILES string of the molecule is CN(C)c1ccc(Nc2nc(C(C)(C)C)cs2)cc1. The van der Waals surface area contributed by atoms with Gasteiger partial charge in [-0.3, -0.25) is 0 Å². The van der Waals surface area contributed by atoms with Crippen molar-refractivity contribution in [2.75, 3.05) is 24.3 Å². The summed E-state index contributed by atoms with van der Waals surface area (Å²) in [5, 5.41) is 6.42. The van der Waals surface area contributed by atoms with Crippen molar-refractivity contribution in [3.63, 3.8) is 0 Å². The minimum atomic E-state index is 0.102. The Labute approximate surface area is 119 Å². The molecule has 4 heteroatoms. The molecule has 0 spiro atoms. The molecule has 1 aromatic carbocycles. The minimum Gasteiger partial charge on any atom is -0.378 e. The van der Waals surface area contributed by atoms with Crippen molar-refractivity contribution >= 4 is 27.8 Å². The maximum Gasteiger partial charge on any atom is 0.187 e. The lowest BCUT2D eigenvalue weighted by atomic mass is 9.93. The Morgan fingerprint density at radius 1 is 1.11 bits per heavy atom. The van der Waals surface area contributed by atoms with Gasteiger partial charge in [-0.2, -0.15) is 0 Å². The first-order chi connectivity index (χ1) is 8.86. The predicted octanol–water partition coefficient (Wildman–Crippen LogP) is 4.25. The number of benzene rings is 1. The van der Waals surface area contributed by atoms with Crippen molar-refractivity contribution in [1.29, 1.82) is 0 Å². The molecule has 0 unspecified atom stereocenters. The molecule has 1 heterocycles. The zero-order valence-electron chi connectivity index (χ0n) is 12.2. The predicted molar refractivity (Wildman–Crippen MR) is 84.9 cm³/mol. The third-order valence-corrected chi connectivity index (χ3v) is 3.67. The normalized spacial score (nSPS) is 11.4. The Hall–Kier alpha value is -1.55. The van der Waals surface area contributed by atoms with Crippen LogP contribution in [-0.2, 0) is 5.41 Å². The van der Waals surface area contributed by atoms with Gasteiger partial charge in [0.1, 0.15) is 0 Å². The van der Waals surface area contributed by atoms with E-state index in [0.29, 0.717) is 0 Å². The molecule has 0 aliphatic heterocycles. The van der Waals surface area contributed by atoms with E-state index in [9.17, 15) is 0 Å². The van der Waals surface area contributed by atoms with E-state index in [1.54, 1.807) is 11.3 Å². The molecule has 0 radical (unpaired) electrons. The molecule has 0 saturated heterocycles. The molecule has 0 aliphatic carbocycles. The van der Waals surface area contributed by atoms with Gasteiger partial charge in [0.15, 0.2) is 5.13 Å². The summed E-state index contributed by atoms with van der Waals surface area (Å²) in [6, 6.07) is 8.35. The highest BCUT2D eigenvalue weighted by molar-refractivity contribution is 7.13. The summed E-state index contributed by atoms with van der Waals surface area (Å²) in [7, 11) is 4.08. The summed E-state index contributed by atoms with van der Waals surface area (Å²) in [5.41, 5.74) is 3.50. The van der Waals surface area contributed by atoms with Crippen LogP contribution in [0.5, 0.6) is 0 Å². The van der Waals surface area contributed by atoms with Gasteiger partial charge >= 0.3 is 0 Å². The highest BCUT2D eigenvalue weighted by Crippen LogP contribution is 2.28. The van der Waals surface area contributed by atoms with Crippen molar-refractivity contribution in [3.8, 4) is 0 Å². The monoisotopic (exact) mass is 275 g/mol. The fourth-order valence-corrected chi connectivity index (χ4v) is 2.60. The number of nitrogens with one attached hydrogen (secondary N) is 1. The van der Waals surface area contributed by atoms with Gasteiger partial charge in [-0.15, -0.1) is 11.3 Å². The van der Waals surface area contributed by atoms with Crippen molar-refractivity contribution < 1.29 is 0 Å². The van der Waals surface area contributed by atoms with Gasteiger partial charge in [0, 0.05) is 36.3 Å². The molecule has 2 rings (SSSR count). The molecule has 1 aromatic heterocycles. The molecule has 0 atom stereocenters. The quantitative estimate of drug-likeness (QED) is 0.907. The second kappa shape index (κ2) is 5.21. The van der Waals surface area contributed by atoms with E-state index in [2.05, 4.69) is 65.6 Å². The van der Waals surface area contributed by atoms with Crippen LogP contribution in [-0.4, -0.2) is 19.1 Å². The molecule has 19 heavy (non-hydrogen) atoms. The molecule has 0 fully saturated rings. The van der Waals surface area contributed by atoms with Crippen LogP contribution in [0.25, 0.3) is 0 Å². The lowest BCUT2D eigenvalue weighted by Gasteiger charge is -2.14. The lowest BCUT2D eigenvalue weighted by molar-refractivity contribution is 0.573. The maximum atomic E-state index is 4.63. The van der Waals surface area contributed by atoms with Crippen LogP contribution in [0.1, 0.15) is 26.5 Å². The van der Waals surface area contributed by atoms with Gasteiger partial charge in [0.2, 0.25) is 0 Å². The Balaban J connectivity index is 2.11. The van der Waals surface area contributed by atoms with Gasteiger partial charge in [-0.25, -0.2) is 4.98 Å². The van der Waals surface area contributed by atoms with Crippen LogP contribution in [0, 0.1) is 0 Å². The van der Waals surface area contributed by atoms with E-state index in [-0.39, 0.29) is 5.41 Å². The third kappa shape index (κ3) is 3.47. The number of nitrogens with zero attached hydrogens (tertiary/aromatic N) is 2.